The average molecular weight is 430 g/mol. The van der Waals surface area contributed by atoms with Crippen molar-refractivity contribution in [2.45, 2.75) is 11.8 Å². The Labute approximate surface area is 172 Å². The summed E-state index contributed by atoms with van der Waals surface area (Å²) in [6.07, 6.45) is 0. The Kier molecular flexibility index (Phi) is 4.97. The molecule has 0 atom stereocenters. The maximum atomic E-state index is 12.8. The highest BCUT2D eigenvalue weighted by Gasteiger charge is 2.19. The molecule has 0 fully saturated rings. The predicted octanol–water partition coefficient (Wildman–Crippen LogP) is 5.17. The van der Waals surface area contributed by atoms with E-state index >= 15 is 0 Å². The van der Waals surface area contributed by atoms with Gasteiger partial charge in [-0.2, -0.15) is 23.1 Å². The van der Waals surface area contributed by atoms with Crippen LogP contribution in [0.3, 0.4) is 0 Å². The number of hydrogen-bond donors (Lipinski definition) is 1. The minimum atomic E-state index is -3.79. The molecule has 5 nitrogen and oxygen atoms in total. The van der Waals surface area contributed by atoms with E-state index in [4.69, 9.17) is 11.6 Å². The Balaban J connectivity index is 1.82. The summed E-state index contributed by atoms with van der Waals surface area (Å²) in [4.78, 5) is 5.15. The molecule has 2 aromatic heterocycles. The van der Waals surface area contributed by atoms with Gasteiger partial charge in [0.1, 0.15) is 0 Å². The van der Waals surface area contributed by atoms with E-state index in [0.717, 1.165) is 16.0 Å². The van der Waals surface area contributed by atoms with E-state index in [1.165, 1.54) is 16.9 Å². The first-order chi connectivity index (χ1) is 13.4. The van der Waals surface area contributed by atoms with E-state index in [2.05, 4.69) is 9.93 Å². The molecule has 0 spiro atoms. The van der Waals surface area contributed by atoms with Crippen molar-refractivity contribution in [2.24, 2.45) is 0 Å². The van der Waals surface area contributed by atoms with Crippen molar-refractivity contribution in [1.29, 1.82) is 0 Å². The number of nitrogens with zero attached hydrogens (tertiary/aromatic N) is 2. The van der Waals surface area contributed by atoms with E-state index in [-0.39, 0.29) is 4.90 Å². The largest absolute Gasteiger partial charge is 0.276 e. The number of nitrogens with one attached hydrogen (secondary N) is 1. The number of rotatable bonds is 5. The van der Waals surface area contributed by atoms with Gasteiger partial charge in [0.25, 0.3) is 10.0 Å². The molecule has 0 saturated carbocycles. The van der Waals surface area contributed by atoms with Crippen molar-refractivity contribution in [1.82, 2.24) is 9.89 Å². The van der Waals surface area contributed by atoms with Crippen LogP contribution in [0.5, 0.6) is 0 Å². The molecule has 28 heavy (non-hydrogen) atoms. The van der Waals surface area contributed by atoms with Gasteiger partial charge in [0.15, 0.2) is 0 Å². The number of thiophene rings is 1. The highest BCUT2D eigenvalue weighted by molar-refractivity contribution is 7.92. The zero-order chi connectivity index (χ0) is 19.7. The number of aryl methyl sites for hydroxylation is 1. The zero-order valence-corrected chi connectivity index (χ0v) is 17.2. The molecule has 142 valence electrons. The van der Waals surface area contributed by atoms with Crippen LogP contribution in [0, 0.1) is 6.92 Å². The summed E-state index contributed by atoms with van der Waals surface area (Å²) in [6, 6.07) is 19.2. The minimum absolute atomic E-state index is 0.167. The van der Waals surface area contributed by atoms with E-state index < -0.39 is 10.0 Å². The van der Waals surface area contributed by atoms with Gasteiger partial charge in [0.05, 0.1) is 16.3 Å². The van der Waals surface area contributed by atoms with Crippen LogP contribution < -0.4 is 4.83 Å². The average Bonchev–Trinajstić information content (AvgIpc) is 3.29. The molecular weight excluding hydrogens is 414 g/mol. The Morgan fingerprint density at radius 2 is 1.75 bits per heavy atom. The predicted molar refractivity (Wildman–Crippen MR) is 114 cm³/mol. The molecule has 1 N–H and O–H groups in total. The fourth-order valence-corrected chi connectivity index (χ4v) is 4.65. The first kappa shape index (κ1) is 18.7. The van der Waals surface area contributed by atoms with Crippen LogP contribution in [0.15, 0.2) is 77.0 Å². The summed E-state index contributed by atoms with van der Waals surface area (Å²) in [5.74, 6) is 0. The van der Waals surface area contributed by atoms with Crippen molar-refractivity contribution in [3.8, 4) is 22.5 Å². The zero-order valence-electron chi connectivity index (χ0n) is 14.8. The molecule has 8 heteroatoms. The molecule has 0 radical (unpaired) electrons. The quantitative estimate of drug-likeness (QED) is 0.475. The van der Waals surface area contributed by atoms with E-state index in [1.54, 1.807) is 41.7 Å². The Morgan fingerprint density at radius 3 is 2.39 bits per heavy atom. The van der Waals surface area contributed by atoms with Crippen molar-refractivity contribution in [3.05, 3.63) is 82.0 Å². The second kappa shape index (κ2) is 7.43. The standard InChI is InChI=1S/C20H16ClN3O2S2/c1-14-18(11-12-27-14)19-13-20(15-7-9-16(21)10-8-15)24(22-19)23-28(25,26)17-5-3-2-4-6-17/h2-13,23H,1H3. The van der Waals surface area contributed by atoms with Crippen LogP contribution in [0.2, 0.25) is 5.02 Å². The molecule has 0 saturated heterocycles. The first-order valence-electron chi connectivity index (χ1n) is 8.42. The summed E-state index contributed by atoms with van der Waals surface area (Å²) in [7, 11) is -3.79. The molecule has 4 rings (SSSR count). The van der Waals surface area contributed by atoms with Crippen molar-refractivity contribution in [2.75, 3.05) is 4.83 Å². The maximum Gasteiger partial charge on any atom is 0.276 e. The van der Waals surface area contributed by atoms with Gasteiger partial charge >= 0.3 is 0 Å². The summed E-state index contributed by atoms with van der Waals surface area (Å²) >= 11 is 7.62. The first-order valence-corrected chi connectivity index (χ1v) is 11.2. The van der Waals surface area contributed by atoms with Gasteiger partial charge in [-0.3, -0.25) is 0 Å². The van der Waals surface area contributed by atoms with E-state index in [0.29, 0.717) is 16.4 Å². The fraction of sp³-hybridized carbons (Fsp3) is 0.0500. The molecule has 2 heterocycles. The third kappa shape index (κ3) is 3.69. The maximum absolute atomic E-state index is 12.8. The molecule has 4 aromatic rings. The van der Waals surface area contributed by atoms with Gasteiger partial charge in [-0.25, -0.2) is 0 Å². The number of halogens is 1. The monoisotopic (exact) mass is 429 g/mol. The Morgan fingerprint density at radius 1 is 1.04 bits per heavy atom. The van der Waals surface area contributed by atoms with Crippen LogP contribution in [0.4, 0.5) is 0 Å². The molecule has 0 unspecified atom stereocenters. The van der Waals surface area contributed by atoms with Gasteiger partial charge in [-0.05, 0) is 48.7 Å². The van der Waals surface area contributed by atoms with Crippen LogP contribution >= 0.6 is 22.9 Å². The minimum Gasteiger partial charge on any atom is -0.200 e. The second-order valence-electron chi connectivity index (χ2n) is 6.13. The Bertz CT molecular complexity index is 1210. The van der Waals surface area contributed by atoms with Crippen molar-refractivity contribution >= 4 is 33.0 Å². The molecule has 0 aliphatic heterocycles. The van der Waals surface area contributed by atoms with Gasteiger partial charge < -0.3 is 0 Å². The lowest BCUT2D eigenvalue weighted by molar-refractivity contribution is 0.592. The normalized spacial score (nSPS) is 11.5. The smallest absolute Gasteiger partial charge is 0.200 e. The molecule has 0 amide bonds. The van der Waals surface area contributed by atoms with Gasteiger partial charge in [0, 0.05) is 21.0 Å². The Hall–Kier alpha value is -2.61. The fourth-order valence-electron chi connectivity index (χ4n) is 2.83. The van der Waals surface area contributed by atoms with E-state index in [9.17, 15) is 8.42 Å². The lowest BCUT2D eigenvalue weighted by atomic mass is 10.1. The van der Waals surface area contributed by atoms with Crippen LogP contribution in [-0.4, -0.2) is 18.3 Å². The molecule has 2 aromatic carbocycles. The summed E-state index contributed by atoms with van der Waals surface area (Å²) in [5.41, 5.74) is 3.08. The van der Waals surface area contributed by atoms with Gasteiger partial charge in [0.2, 0.25) is 0 Å². The SMILES string of the molecule is Cc1sccc1-c1cc(-c2ccc(Cl)cc2)n(NS(=O)(=O)c2ccccc2)n1. The summed E-state index contributed by atoms with van der Waals surface area (Å²) < 4.78 is 25.6. The molecular formula is C20H16ClN3O2S2. The number of aromatic nitrogens is 2. The lowest BCUT2D eigenvalue weighted by Gasteiger charge is -2.11. The van der Waals surface area contributed by atoms with Crippen molar-refractivity contribution < 1.29 is 8.42 Å². The third-order valence-electron chi connectivity index (χ3n) is 4.24. The number of benzene rings is 2. The molecule has 0 aliphatic rings. The molecule has 0 aliphatic carbocycles. The van der Waals surface area contributed by atoms with E-state index in [1.807, 2.05) is 36.6 Å². The third-order valence-corrected chi connectivity index (χ3v) is 6.65. The van der Waals surface area contributed by atoms with Crippen molar-refractivity contribution in [3.63, 3.8) is 0 Å². The van der Waals surface area contributed by atoms with Crippen LogP contribution in [0.1, 0.15) is 4.88 Å². The molecule has 0 bridgehead atoms. The second-order valence-corrected chi connectivity index (χ2v) is 9.35. The number of sulfonamides is 1. The highest BCUT2D eigenvalue weighted by atomic mass is 35.5. The lowest BCUT2D eigenvalue weighted by Crippen LogP contribution is -2.25. The topological polar surface area (TPSA) is 64.0 Å². The van der Waals surface area contributed by atoms with Crippen LogP contribution in [0.25, 0.3) is 22.5 Å². The highest BCUT2D eigenvalue weighted by Crippen LogP contribution is 2.31. The summed E-state index contributed by atoms with van der Waals surface area (Å²) in [6.45, 7) is 2.01. The van der Waals surface area contributed by atoms with Crippen LogP contribution in [-0.2, 0) is 10.0 Å². The van der Waals surface area contributed by atoms with Gasteiger partial charge in [-0.1, -0.05) is 41.9 Å². The summed E-state index contributed by atoms with van der Waals surface area (Å²) in [5, 5.41) is 7.11. The number of hydrogen-bond acceptors (Lipinski definition) is 4. The van der Waals surface area contributed by atoms with Gasteiger partial charge in [-0.15, -0.1) is 11.3 Å².